The van der Waals surface area contributed by atoms with Gasteiger partial charge in [0.2, 0.25) is 0 Å². The first kappa shape index (κ1) is 10.8. The molecule has 3 nitrogen and oxygen atoms in total. The first-order chi connectivity index (χ1) is 7.20. The number of fused-ring (bicyclic) bond motifs is 1. The summed E-state index contributed by atoms with van der Waals surface area (Å²) in [7, 11) is 0. The number of nitrogens with zero attached hydrogens (tertiary/aromatic N) is 1. The fraction of sp³-hybridized carbons (Fsp3) is 0.300. The molecule has 0 amide bonds. The number of hydrogen-bond donors (Lipinski definition) is 2. The van der Waals surface area contributed by atoms with Gasteiger partial charge in [0.15, 0.2) is 0 Å². The monoisotopic (exact) mass is 241 g/mol. The number of nitrogens with one attached hydrogen (secondary N) is 1. The molecule has 1 atom stereocenters. The number of aromatic nitrogens is 2. The number of halogens is 1. The summed E-state index contributed by atoms with van der Waals surface area (Å²) in [5.41, 5.74) is 7.81. The predicted octanol–water partition coefficient (Wildman–Crippen LogP) is 2.58. The average molecular weight is 242 g/mol. The fourth-order valence-corrected chi connectivity index (χ4v) is 2.12. The Morgan fingerprint density at radius 3 is 3.13 bits per heavy atom. The van der Waals surface area contributed by atoms with E-state index in [9.17, 15) is 0 Å². The third-order valence-electron chi connectivity index (χ3n) is 2.16. The molecule has 1 aromatic carbocycles. The van der Waals surface area contributed by atoms with Crippen molar-refractivity contribution in [2.75, 3.05) is 12.0 Å². The maximum atomic E-state index is 5.96. The highest BCUT2D eigenvalue weighted by molar-refractivity contribution is 7.98. The molecule has 0 saturated carbocycles. The van der Waals surface area contributed by atoms with Crippen LogP contribution in [0, 0.1) is 0 Å². The molecule has 2 aromatic rings. The summed E-state index contributed by atoms with van der Waals surface area (Å²) in [5, 5.41) is 0.705. The van der Waals surface area contributed by atoms with Crippen molar-refractivity contribution in [3.05, 3.63) is 29.0 Å². The lowest BCUT2D eigenvalue weighted by atomic mass is 10.3. The molecular formula is C10H12ClN3S. The van der Waals surface area contributed by atoms with Crippen LogP contribution in [0.3, 0.4) is 0 Å². The zero-order chi connectivity index (χ0) is 10.8. The van der Waals surface area contributed by atoms with E-state index in [1.807, 2.05) is 24.5 Å². The molecule has 5 heteroatoms. The second-order valence-corrected chi connectivity index (χ2v) is 4.69. The van der Waals surface area contributed by atoms with Gasteiger partial charge in [-0.2, -0.15) is 11.8 Å². The molecule has 1 aromatic heterocycles. The largest absolute Gasteiger partial charge is 0.341 e. The summed E-state index contributed by atoms with van der Waals surface area (Å²) >= 11 is 7.59. The minimum absolute atomic E-state index is 0.0498. The molecule has 0 saturated heterocycles. The number of hydrogen-bond acceptors (Lipinski definition) is 3. The van der Waals surface area contributed by atoms with E-state index >= 15 is 0 Å². The summed E-state index contributed by atoms with van der Waals surface area (Å²) in [5.74, 6) is 1.68. The Morgan fingerprint density at radius 2 is 2.40 bits per heavy atom. The van der Waals surface area contributed by atoms with E-state index in [2.05, 4.69) is 9.97 Å². The van der Waals surface area contributed by atoms with Crippen molar-refractivity contribution in [1.29, 1.82) is 0 Å². The van der Waals surface area contributed by atoms with Gasteiger partial charge >= 0.3 is 0 Å². The number of nitrogens with two attached hydrogens (primary N) is 1. The minimum atomic E-state index is -0.0498. The summed E-state index contributed by atoms with van der Waals surface area (Å²) < 4.78 is 0. The molecule has 0 unspecified atom stereocenters. The number of aromatic amines is 1. The van der Waals surface area contributed by atoms with Crippen LogP contribution in [0.15, 0.2) is 18.2 Å². The smallest absolute Gasteiger partial charge is 0.125 e. The van der Waals surface area contributed by atoms with E-state index in [4.69, 9.17) is 17.3 Å². The number of imidazole rings is 1. The fourth-order valence-electron chi connectivity index (χ4n) is 1.44. The summed E-state index contributed by atoms with van der Waals surface area (Å²) in [6.07, 6.45) is 2.03. The Kier molecular flexibility index (Phi) is 3.19. The molecule has 0 aliphatic carbocycles. The Labute approximate surface area is 97.4 Å². The van der Waals surface area contributed by atoms with Crippen LogP contribution in [0.5, 0.6) is 0 Å². The molecule has 80 valence electrons. The number of thioether (sulfide) groups is 1. The van der Waals surface area contributed by atoms with Crippen molar-refractivity contribution < 1.29 is 0 Å². The van der Waals surface area contributed by atoms with E-state index in [1.54, 1.807) is 11.8 Å². The van der Waals surface area contributed by atoms with E-state index in [-0.39, 0.29) is 6.04 Å². The number of H-pyrrole nitrogens is 1. The third kappa shape index (κ3) is 2.27. The van der Waals surface area contributed by atoms with Gasteiger partial charge in [-0.1, -0.05) is 11.6 Å². The van der Waals surface area contributed by atoms with Crippen LogP contribution in [0.25, 0.3) is 11.0 Å². The van der Waals surface area contributed by atoms with Gasteiger partial charge in [0.25, 0.3) is 0 Å². The molecule has 0 aliphatic rings. The van der Waals surface area contributed by atoms with Crippen molar-refractivity contribution >= 4 is 34.4 Å². The topological polar surface area (TPSA) is 54.7 Å². The van der Waals surface area contributed by atoms with E-state index < -0.39 is 0 Å². The van der Waals surface area contributed by atoms with Crippen molar-refractivity contribution in [3.8, 4) is 0 Å². The standard InChI is InChI=1S/C10H12ClN3S/c1-15-5-7(12)10-13-8-3-2-6(11)4-9(8)14-10/h2-4,7H,5,12H2,1H3,(H,13,14)/t7-/m1/s1. The number of rotatable bonds is 3. The molecule has 2 rings (SSSR count). The van der Waals surface area contributed by atoms with Crippen molar-refractivity contribution in [2.24, 2.45) is 5.73 Å². The third-order valence-corrected chi connectivity index (χ3v) is 3.09. The molecule has 15 heavy (non-hydrogen) atoms. The Morgan fingerprint density at radius 1 is 1.60 bits per heavy atom. The summed E-state index contributed by atoms with van der Waals surface area (Å²) in [6, 6.07) is 5.53. The van der Waals surface area contributed by atoms with Crippen LogP contribution in [0.4, 0.5) is 0 Å². The molecular weight excluding hydrogens is 230 g/mol. The van der Waals surface area contributed by atoms with Gasteiger partial charge in [-0.15, -0.1) is 0 Å². The second-order valence-electron chi connectivity index (χ2n) is 3.35. The summed E-state index contributed by atoms with van der Waals surface area (Å²) in [6.45, 7) is 0. The van der Waals surface area contributed by atoms with Gasteiger partial charge < -0.3 is 10.7 Å². The Hall–Kier alpha value is -0.710. The van der Waals surface area contributed by atoms with Gasteiger partial charge in [0.1, 0.15) is 5.82 Å². The predicted molar refractivity (Wildman–Crippen MR) is 66.4 cm³/mol. The minimum Gasteiger partial charge on any atom is -0.341 e. The molecule has 0 aliphatic heterocycles. The molecule has 0 bridgehead atoms. The lowest BCUT2D eigenvalue weighted by Crippen LogP contribution is -2.14. The highest BCUT2D eigenvalue weighted by atomic mass is 35.5. The maximum absolute atomic E-state index is 5.96. The van der Waals surface area contributed by atoms with E-state index in [1.165, 1.54) is 0 Å². The molecule has 3 N–H and O–H groups in total. The molecule has 0 fully saturated rings. The maximum Gasteiger partial charge on any atom is 0.125 e. The second kappa shape index (κ2) is 4.43. The Balaban J connectivity index is 2.38. The van der Waals surface area contributed by atoms with Crippen molar-refractivity contribution in [2.45, 2.75) is 6.04 Å². The van der Waals surface area contributed by atoms with E-state index in [0.29, 0.717) is 5.02 Å². The quantitative estimate of drug-likeness (QED) is 0.869. The first-order valence-electron chi connectivity index (χ1n) is 4.60. The SMILES string of the molecule is CSC[C@@H](N)c1nc2ccc(Cl)cc2[nH]1. The summed E-state index contributed by atoms with van der Waals surface area (Å²) in [4.78, 5) is 7.61. The van der Waals surface area contributed by atoms with Crippen LogP contribution < -0.4 is 5.73 Å². The number of benzene rings is 1. The van der Waals surface area contributed by atoms with Gasteiger partial charge in [0, 0.05) is 10.8 Å². The van der Waals surface area contributed by atoms with Crippen LogP contribution in [0.2, 0.25) is 5.02 Å². The van der Waals surface area contributed by atoms with Crippen LogP contribution in [-0.2, 0) is 0 Å². The van der Waals surface area contributed by atoms with Gasteiger partial charge in [-0.25, -0.2) is 4.98 Å². The van der Waals surface area contributed by atoms with E-state index in [0.717, 1.165) is 22.6 Å². The zero-order valence-electron chi connectivity index (χ0n) is 8.33. The highest BCUT2D eigenvalue weighted by Gasteiger charge is 2.10. The molecule has 1 heterocycles. The van der Waals surface area contributed by atoms with Crippen LogP contribution >= 0.6 is 23.4 Å². The zero-order valence-corrected chi connectivity index (χ0v) is 9.90. The highest BCUT2D eigenvalue weighted by Crippen LogP contribution is 2.20. The Bertz CT molecular complexity index is 469. The van der Waals surface area contributed by atoms with Gasteiger partial charge in [0.05, 0.1) is 17.1 Å². The van der Waals surface area contributed by atoms with Gasteiger partial charge in [-0.3, -0.25) is 0 Å². The molecule has 0 radical (unpaired) electrons. The van der Waals surface area contributed by atoms with Crippen molar-refractivity contribution in [1.82, 2.24) is 9.97 Å². The van der Waals surface area contributed by atoms with Crippen LogP contribution in [0.1, 0.15) is 11.9 Å². The average Bonchev–Trinajstić information content (AvgIpc) is 2.60. The molecule has 0 spiro atoms. The lowest BCUT2D eigenvalue weighted by Gasteiger charge is -2.04. The normalized spacial score (nSPS) is 13.3. The lowest BCUT2D eigenvalue weighted by molar-refractivity contribution is 0.772. The van der Waals surface area contributed by atoms with Gasteiger partial charge in [-0.05, 0) is 24.5 Å². The first-order valence-corrected chi connectivity index (χ1v) is 6.37. The van der Waals surface area contributed by atoms with Crippen LogP contribution in [-0.4, -0.2) is 22.0 Å². The van der Waals surface area contributed by atoms with Crippen molar-refractivity contribution in [3.63, 3.8) is 0 Å².